The number of carbonyl (C=O) groups excluding carboxylic acids is 2. The molecule has 1 aromatic rings. The number of rotatable bonds is 5. The van der Waals surface area contributed by atoms with E-state index in [1.54, 1.807) is 13.0 Å². The van der Waals surface area contributed by atoms with Crippen molar-refractivity contribution >= 4 is 39.6 Å². The third-order valence-corrected chi connectivity index (χ3v) is 2.87. The second kappa shape index (κ2) is 7.63. The molecular weight excluding hydrogens is 344 g/mol. The number of likely N-dealkylation sites (N-methyl/N-ethyl adjacent to an activating group) is 1. The number of hydrogen-bond acceptors (Lipinski definition) is 4. The molecule has 0 atom stereocenters. The van der Waals surface area contributed by atoms with Crippen molar-refractivity contribution in [1.82, 2.24) is 4.90 Å². The Kier molecular flexibility index (Phi) is 6.16. The molecule has 8 heteroatoms. The van der Waals surface area contributed by atoms with E-state index in [1.807, 2.05) is 0 Å². The highest BCUT2D eigenvalue weighted by molar-refractivity contribution is 9.10. The number of nitrogens with one attached hydrogen (secondary N) is 1. The molecule has 0 heterocycles. The summed E-state index contributed by atoms with van der Waals surface area (Å²) in [5, 5.41) is 11.5. The Bertz CT molecular complexity index is 561. The first-order valence-electron chi connectivity index (χ1n) is 6.05. The summed E-state index contributed by atoms with van der Waals surface area (Å²) in [4.78, 5) is 35.2. The van der Waals surface area contributed by atoms with Crippen LogP contribution < -0.4 is 5.32 Å². The van der Waals surface area contributed by atoms with Crippen molar-refractivity contribution in [2.45, 2.75) is 6.92 Å². The summed E-state index contributed by atoms with van der Waals surface area (Å²) in [6.45, 7) is 1.72. The van der Waals surface area contributed by atoms with Crippen LogP contribution in [-0.4, -0.2) is 48.2 Å². The van der Waals surface area contributed by atoms with Crippen LogP contribution in [0.25, 0.3) is 0 Å². The number of carboxylic acids is 1. The molecule has 0 aromatic heterocycles. The van der Waals surface area contributed by atoms with Crippen molar-refractivity contribution in [3.63, 3.8) is 0 Å². The van der Waals surface area contributed by atoms with Gasteiger partial charge in [-0.25, -0.2) is 9.59 Å². The van der Waals surface area contributed by atoms with Gasteiger partial charge in [0.15, 0.2) is 0 Å². The van der Waals surface area contributed by atoms with Crippen molar-refractivity contribution in [2.24, 2.45) is 0 Å². The molecular formula is C13H15BrN2O5. The maximum Gasteiger partial charge on any atom is 0.335 e. The van der Waals surface area contributed by atoms with Gasteiger partial charge in [0.1, 0.15) is 6.54 Å². The van der Waals surface area contributed by atoms with E-state index in [4.69, 9.17) is 9.84 Å². The monoisotopic (exact) mass is 358 g/mol. The van der Waals surface area contributed by atoms with Gasteiger partial charge in [-0.2, -0.15) is 0 Å². The molecule has 21 heavy (non-hydrogen) atoms. The molecule has 114 valence electrons. The average Bonchev–Trinajstić information content (AvgIpc) is 2.37. The molecule has 0 saturated carbocycles. The fourth-order valence-electron chi connectivity index (χ4n) is 1.48. The van der Waals surface area contributed by atoms with Gasteiger partial charge in [0.2, 0.25) is 0 Å². The van der Waals surface area contributed by atoms with Gasteiger partial charge in [0.05, 0.1) is 12.2 Å². The van der Waals surface area contributed by atoms with Crippen molar-refractivity contribution in [2.75, 3.05) is 25.5 Å². The van der Waals surface area contributed by atoms with E-state index in [-0.39, 0.29) is 18.7 Å². The number of aromatic carboxylic acids is 1. The third-order valence-electron chi connectivity index (χ3n) is 2.41. The fourth-order valence-corrected chi connectivity index (χ4v) is 1.97. The molecule has 0 unspecified atom stereocenters. The van der Waals surface area contributed by atoms with Gasteiger partial charge in [0.25, 0.3) is 0 Å². The molecule has 0 aliphatic heterocycles. The van der Waals surface area contributed by atoms with Gasteiger partial charge < -0.3 is 20.1 Å². The van der Waals surface area contributed by atoms with Crippen LogP contribution in [0.15, 0.2) is 22.7 Å². The third kappa shape index (κ3) is 5.42. The zero-order valence-corrected chi connectivity index (χ0v) is 13.1. The van der Waals surface area contributed by atoms with E-state index < -0.39 is 18.0 Å². The number of urea groups is 1. The summed E-state index contributed by atoms with van der Waals surface area (Å²) in [6.07, 6.45) is 0. The van der Waals surface area contributed by atoms with Crippen LogP contribution in [-0.2, 0) is 9.53 Å². The van der Waals surface area contributed by atoms with Gasteiger partial charge in [0, 0.05) is 17.2 Å². The van der Waals surface area contributed by atoms with Crippen molar-refractivity contribution in [3.8, 4) is 0 Å². The maximum absolute atomic E-state index is 11.9. The lowest BCUT2D eigenvalue weighted by Gasteiger charge is -2.17. The highest BCUT2D eigenvalue weighted by Gasteiger charge is 2.15. The minimum atomic E-state index is -1.10. The van der Waals surface area contributed by atoms with Crippen LogP contribution in [0.3, 0.4) is 0 Å². The normalized spacial score (nSPS) is 9.86. The Morgan fingerprint density at radius 1 is 1.33 bits per heavy atom. The summed E-state index contributed by atoms with van der Waals surface area (Å²) in [5.41, 5.74) is 0.343. The lowest BCUT2D eigenvalue weighted by molar-refractivity contribution is -0.143. The Hall–Kier alpha value is -2.09. The molecule has 0 bridgehead atoms. The Labute approximate surface area is 130 Å². The van der Waals surface area contributed by atoms with Crippen molar-refractivity contribution < 1.29 is 24.2 Å². The second-order valence-electron chi connectivity index (χ2n) is 4.12. The number of carbonyl (C=O) groups is 3. The van der Waals surface area contributed by atoms with Gasteiger partial charge in [-0.1, -0.05) is 15.9 Å². The number of ether oxygens (including phenoxy) is 1. The molecule has 2 N–H and O–H groups in total. The first-order valence-corrected chi connectivity index (χ1v) is 6.84. The number of halogens is 1. The van der Waals surface area contributed by atoms with E-state index in [2.05, 4.69) is 21.2 Å². The SMILES string of the molecule is CCOC(=O)CN(C)C(=O)Nc1cc(Br)cc(C(=O)O)c1. The Morgan fingerprint density at radius 3 is 2.57 bits per heavy atom. The quantitative estimate of drug-likeness (QED) is 0.786. The summed E-state index contributed by atoms with van der Waals surface area (Å²) < 4.78 is 5.26. The summed E-state index contributed by atoms with van der Waals surface area (Å²) in [7, 11) is 1.43. The first-order chi connectivity index (χ1) is 9.83. The van der Waals surface area contributed by atoms with Crippen LogP contribution in [0, 0.1) is 0 Å². The van der Waals surface area contributed by atoms with Crippen LogP contribution in [0.2, 0.25) is 0 Å². The van der Waals surface area contributed by atoms with E-state index >= 15 is 0 Å². The number of carboxylic acid groups (broad SMARTS) is 1. The predicted octanol–water partition coefficient (Wildman–Crippen LogP) is 2.17. The molecule has 0 spiro atoms. The molecule has 7 nitrogen and oxygen atoms in total. The van der Waals surface area contributed by atoms with Crippen LogP contribution in [0.5, 0.6) is 0 Å². The van der Waals surface area contributed by atoms with Crippen LogP contribution in [0.4, 0.5) is 10.5 Å². The van der Waals surface area contributed by atoms with Crippen LogP contribution in [0.1, 0.15) is 17.3 Å². The molecule has 2 amide bonds. The first kappa shape index (κ1) is 17.0. The molecule has 0 fully saturated rings. The van der Waals surface area contributed by atoms with Crippen molar-refractivity contribution in [3.05, 3.63) is 28.2 Å². The molecule has 1 aromatic carbocycles. The van der Waals surface area contributed by atoms with Gasteiger partial charge >= 0.3 is 18.0 Å². The molecule has 0 saturated heterocycles. The number of hydrogen-bond donors (Lipinski definition) is 2. The summed E-state index contributed by atoms with van der Waals surface area (Å²) in [5.74, 6) is -1.62. The minimum absolute atomic E-state index is 0.0349. The average molecular weight is 359 g/mol. The Balaban J connectivity index is 2.74. The standard InChI is InChI=1S/C13H15BrN2O5/c1-3-21-11(17)7-16(2)13(20)15-10-5-8(12(18)19)4-9(14)6-10/h4-6H,3,7H2,1-2H3,(H,15,20)(H,18,19). The highest BCUT2D eigenvalue weighted by atomic mass is 79.9. The second-order valence-corrected chi connectivity index (χ2v) is 5.04. The number of anilines is 1. The summed E-state index contributed by atoms with van der Waals surface area (Å²) >= 11 is 3.17. The lowest BCUT2D eigenvalue weighted by atomic mass is 10.2. The largest absolute Gasteiger partial charge is 0.478 e. The Morgan fingerprint density at radius 2 is 2.00 bits per heavy atom. The summed E-state index contributed by atoms with van der Waals surface area (Å²) in [6, 6.07) is 3.75. The highest BCUT2D eigenvalue weighted by Crippen LogP contribution is 2.20. The molecule has 0 aliphatic rings. The number of benzene rings is 1. The topological polar surface area (TPSA) is 95.9 Å². The van der Waals surface area contributed by atoms with E-state index in [0.29, 0.717) is 10.2 Å². The maximum atomic E-state index is 11.9. The number of esters is 1. The molecule has 0 radical (unpaired) electrons. The van der Waals surface area contributed by atoms with Crippen molar-refractivity contribution in [1.29, 1.82) is 0 Å². The zero-order chi connectivity index (χ0) is 16.0. The smallest absolute Gasteiger partial charge is 0.335 e. The van der Waals surface area contributed by atoms with Gasteiger partial charge in [-0.3, -0.25) is 4.79 Å². The lowest BCUT2D eigenvalue weighted by Crippen LogP contribution is -2.36. The van der Waals surface area contributed by atoms with Crippen LogP contribution >= 0.6 is 15.9 Å². The van der Waals surface area contributed by atoms with E-state index in [9.17, 15) is 14.4 Å². The van der Waals surface area contributed by atoms with Gasteiger partial charge in [-0.15, -0.1) is 0 Å². The molecule has 1 rings (SSSR count). The molecule has 0 aliphatic carbocycles. The zero-order valence-electron chi connectivity index (χ0n) is 11.6. The fraction of sp³-hybridized carbons (Fsp3) is 0.308. The van der Waals surface area contributed by atoms with E-state index in [1.165, 1.54) is 19.2 Å². The minimum Gasteiger partial charge on any atom is -0.478 e. The van der Waals surface area contributed by atoms with Gasteiger partial charge in [-0.05, 0) is 25.1 Å². The number of amides is 2. The van der Waals surface area contributed by atoms with E-state index in [0.717, 1.165) is 4.90 Å². The predicted molar refractivity (Wildman–Crippen MR) is 79.4 cm³/mol. The number of nitrogens with zero attached hydrogens (tertiary/aromatic N) is 1.